The van der Waals surface area contributed by atoms with Gasteiger partial charge < -0.3 is 5.73 Å². The van der Waals surface area contributed by atoms with Crippen molar-refractivity contribution in [2.45, 2.75) is 20.8 Å². The molecule has 0 spiro atoms. The average molecular weight is 164 g/mol. The molecule has 2 heteroatoms. The van der Waals surface area contributed by atoms with Gasteiger partial charge in [0, 0.05) is 6.21 Å². The van der Waals surface area contributed by atoms with Gasteiger partial charge in [-0.3, -0.25) is 4.99 Å². The molecule has 0 rings (SSSR count). The minimum atomic E-state index is 0.503. The van der Waals surface area contributed by atoms with Crippen LogP contribution in [0.3, 0.4) is 0 Å². The van der Waals surface area contributed by atoms with Gasteiger partial charge >= 0.3 is 0 Å². The zero-order valence-electron chi connectivity index (χ0n) is 7.96. The summed E-state index contributed by atoms with van der Waals surface area (Å²) in [5.74, 6) is 0. The molecule has 0 bridgehead atoms. The summed E-state index contributed by atoms with van der Waals surface area (Å²) in [7, 11) is 0. The molecule has 0 amide bonds. The van der Waals surface area contributed by atoms with Crippen molar-refractivity contribution >= 4 is 6.21 Å². The summed E-state index contributed by atoms with van der Waals surface area (Å²) >= 11 is 0. The minimum absolute atomic E-state index is 0.503. The van der Waals surface area contributed by atoms with Crippen molar-refractivity contribution in [2.75, 3.05) is 0 Å². The molecule has 0 saturated carbocycles. The largest absolute Gasteiger partial charge is 0.397 e. The van der Waals surface area contributed by atoms with E-state index in [0.29, 0.717) is 5.70 Å². The molecule has 0 fully saturated rings. The Bertz CT molecular complexity index is 245. The van der Waals surface area contributed by atoms with E-state index in [4.69, 9.17) is 5.73 Å². The highest BCUT2D eigenvalue weighted by Gasteiger charge is 1.97. The van der Waals surface area contributed by atoms with Gasteiger partial charge in [-0.2, -0.15) is 0 Å². The van der Waals surface area contributed by atoms with Gasteiger partial charge in [-0.1, -0.05) is 18.7 Å². The van der Waals surface area contributed by atoms with Gasteiger partial charge in [0.1, 0.15) is 0 Å². The molecule has 0 aliphatic heterocycles. The molecule has 2 N–H and O–H groups in total. The summed E-state index contributed by atoms with van der Waals surface area (Å²) in [5, 5.41) is 0. The Labute approximate surface area is 74.2 Å². The van der Waals surface area contributed by atoms with Gasteiger partial charge in [0.2, 0.25) is 0 Å². The predicted octanol–water partition coefficient (Wildman–Crippen LogP) is 2.40. The van der Waals surface area contributed by atoms with Crippen LogP contribution in [0.1, 0.15) is 20.8 Å². The molecule has 0 atom stereocenters. The second-order valence-electron chi connectivity index (χ2n) is 2.44. The van der Waals surface area contributed by atoms with E-state index in [0.717, 1.165) is 11.3 Å². The lowest BCUT2D eigenvalue weighted by Crippen LogP contribution is -1.99. The first kappa shape index (κ1) is 10.7. The molecule has 0 saturated heterocycles. The molecule has 0 aromatic heterocycles. The molecule has 0 aliphatic carbocycles. The third-order valence-corrected chi connectivity index (χ3v) is 1.35. The Morgan fingerprint density at radius 2 is 2.00 bits per heavy atom. The summed E-state index contributed by atoms with van der Waals surface area (Å²) in [6.45, 7) is 9.42. The van der Waals surface area contributed by atoms with Gasteiger partial charge in [-0.15, -0.1) is 0 Å². The average Bonchev–Trinajstić information content (AvgIpc) is 1.99. The molecule has 12 heavy (non-hydrogen) atoms. The second kappa shape index (κ2) is 5.35. The number of allylic oxidation sites excluding steroid dienone is 3. The maximum absolute atomic E-state index is 5.55. The van der Waals surface area contributed by atoms with E-state index in [9.17, 15) is 0 Å². The zero-order valence-corrected chi connectivity index (χ0v) is 7.96. The normalized spacial score (nSPS) is 13.9. The Morgan fingerprint density at radius 1 is 1.42 bits per heavy atom. The van der Waals surface area contributed by atoms with Crippen molar-refractivity contribution < 1.29 is 0 Å². The van der Waals surface area contributed by atoms with E-state index in [1.807, 2.05) is 32.9 Å². The summed E-state index contributed by atoms with van der Waals surface area (Å²) in [5.41, 5.74) is 7.85. The standard InChI is InChI=1S/C10H16N2/c1-5-7-8(3)10(9(4)11)12-6-2/h5-7H,4,11H2,1-3H3/b7-5-,10-8+,12-6?. The molecule has 0 unspecified atom stereocenters. The molecule has 0 heterocycles. The molecule has 66 valence electrons. The Morgan fingerprint density at radius 3 is 2.33 bits per heavy atom. The highest BCUT2D eigenvalue weighted by molar-refractivity contribution is 5.57. The van der Waals surface area contributed by atoms with E-state index < -0.39 is 0 Å². The third kappa shape index (κ3) is 3.19. The monoisotopic (exact) mass is 164 g/mol. The Kier molecular flexibility index (Phi) is 4.77. The first-order valence-corrected chi connectivity index (χ1v) is 3.90. The van der Waals surface area contributed by atoms with Gasteiger partial charge in [-0.25, -0.2) is 0 Å². The van der Waals surface area contributed by atoms with Crippen molar-refractivity contribution in [3.05, 3.63) is 35.7 Å². The van der Waals surface area contributed by atoms with Crippen LogP contribution in [-0.4, -0.2) is 6.21 Å². The zero-order chi connectivity index (χ0) is 9.56. The number of nitrogens with two attached hydrogens (primary N) is 1. The van der Waals surface area contributed by atoms with Crippen molar-refractivity contribution in [3.8, 4) is 0 Å². The van der Waals surface area contributed by atoms with Gasteiger partial charge in [0.25, 0.3) is 0 Å². The molecule has 2 nitrogen and oxygen atoms in total. The van der Waals surface area contributed by atoms with Crippen molar-refractivity contribution in [1.82, 2.24) is 0 Å². The number of rotatable bonds is 3. The number of nitrogens with zero attached hydrogens (tertiary/aromatic N) is 1. The van der Waals surface area contributed by atoms with Crippen LogP contribution in [0.25, 0.3) is 0 Å². The highest BCUT2D eigenvalue weighted by atomic mass is 14.8. The Hall–Kier alpha value is -1.31. The van der Waals surface area contributed by atoms with Crippen molar-refractivity contribution in [2.24, 2.45) is 10.7 Å². The quantitative estimate of drug-likeness (QED) is 0.505. The van der Waals surface area contributed by atoms with Crippen LogP contribution in [0.15, 0.2) is 40.7 Å². The van der Waals surface area contributed by atoms with E-state index in [1.165, 1.54) is 0 Å². The maximum Gasteiger partial charge on any atom is 0.0877 e. The lowest BCUT2D eigenvalue weighted by Gasteiger charge is -2.02. The molecule has 0 aliphatic rings. The molecule has 0 aromatic rings. The van der Waals surface area contributed by atoms with E-state index in [2.05, 4.69) is 11.6 Å². The summed E-state index contributed by atoms with van der Waals surface area (Å²) in [6.07, 6.45) is 5.62. The van der Waals surface area contributed by atoms with E-state index in [1.54, 1.807) is 6.21 Å². The van der Waals surface area contributed by atoms with Crippen molar-refractivity contribution in [1.29, 1.82) is 0 Å². The van der Waals surface area contributed by atoms with Crippen LogP contribution < -0.4 is 5.73 Å². The summed E-state index contributed by atoms with van der Waals surface area (Å²) in [6, 6.07) is 0. The highest BCUT2D eigenvalue weighted by Crippen LogP contribution is 2.11. The van der Waals surface area contributed by atoms with Crippen LogP contribution in [0.5, 0.6) is 0 Å². The Balaban J connectivity index is 4.93. The smallest absolute Gasteiger partial charge is 0.0877 e. The number of hydrogen-bond donors (Lipinski definition) is 1. The van der Waals surface area contributed by atoms with E-state index in [-0.39, 0.29) is 0 Å². The molecule has 0 radical (unpaired) electrons. The van der Waals surface area contributed by atoms with Crippen LogP contribution >= 0.6 is 0 Å². The SMILES string of the molecule is C=C(N)/C(N=CC)=C(C)\C=C/C. The van der Waals surface area contributed by atoms with Crippen molar-refractivity contribution in [3.63, 3.8) is 0 Å². The summed E-state index contributed by atoms with van der Waals surface area (Å²) in [4.78, 5) is 4.12. The van der Waals surface area contributed by atoms with Gasteiger partial charge in [0.15, 0.2) is 0 Å². The maximum atomic E-state index is 5.55. The molecule has 0 aromatic carbocycles. The number of aliphatic imine (C=N–C) groups is 1. The fourth-order valence-electron chi connectivity index (χ4n) is 0.896. The first-order chi connectivity index (χ1) is 5.63. The van der Waals surface area contributed by atoms with Gasteiger partial charge in [-0.05, 0) is 26.3 Å². The van der Waals surface area contributed by atoms with Crippen LogP contribution in [0.2, 0.25) is 0 Å². The molecular formula is C10H16N2. The lowest BCUT2D eigenvalue weighted by molar-refractivity contribution is 1.21. The van der Waals surface area contributed by atoms with Crippen LogP contribution in [-0.2, 0) is 0 Å². The third-order valence-electron chi connectivity index (χ3n) is 1.35. The van der Waals surface area contributed by atoms with Crippen LogP contribution in [0, 0.1) is 0 Å². The topological polar surface area (TPSA) is 38.4 Å². The minimum Gasteiger partial charge on any atom is -0.397 e. The fourth-order valence-corrected chi connectivity index (χ4v) is 0.896. The fraction of sp³-hybridized carbons (Fsp3) is 0.300. The summed E-state index contributed by atoms with van der Waals surface area (Å²) < 4.78 is 0. The lowest BCUT2D eigenvalue weighted by atomic mass is 10.2. The second-order valence-corrected chi connectivity index (χ2v) is 2.44. The predicted molar refractivity (Wildman–Crippen MR) is 55.0 cm³/mol. The molecular weight excluding hydrogens is 148 g/mol. The number of hydrogen-bond acceptors (Lipinski definition) is 2. The van der Waals surface area contributed by atoms with Crippen LogP contribution in [0.4, 0.5) is 0 Å². The van der Waals surface area contributed by atoms with Gasteiger partial charge in [0.05, 0.1) is 11.4 Å². The van der Waals surface area contributed by atoms with E-state index >= 15 is 0 Å². The first-order valence-electron chi connectivity index (χ1n) is 3.90.